The zero-order chi connectivity index (χ0) is 15.4. The Morgan fingerprint density at radius 3 is 2.86 bits per heavy atom. The zero-order valence-electron chi connectivity index (χ0n) is 12.2. The van der Waals surface area contributed by atoms with E-state index in [0.717, 1.165) is 23.4 Å². The number of rotatable bonds is 5. The summed E-state index contributed by atoms with van der Waals surface area (Å²) >= 11 is 1.73. The number of benzene rings is 1. The second kappa shape index (κ2) is 6.54. The molecule has 0 radical (unpaired) electrons. The third kappa shape index (κ3) is 3.69. The van der Waals surface area contributed by atoms with Gasteiger partial charge >= 0.3 is 0 Å². The van der Waals surface area contributed by atoms with Crippen molar-refractivity contribution < 1.29 is 9.90 Å². The van der Waals surface area contributed by atoms with Crippen molar-refractivity contribution in [2.24, 2.45) is 0 Å². The molecule has 1 saturated heterocycles. The number of nitrogens with one attached hydrogen (secondary N) is 1. The summed E-state index contributed by atoms with van der Waals surface area (Å²) in [4.78, 5) is 12.0. The SMILES string of the molecule is O=C(Cc1ccc(-n2cccn2)cc1)NCC1(O)CCSC1. The van der Waals surface area contributed by atoms with Crippen LogP contribution in [-0.2, 0) is 11.2 Å². The number of carbonyl (C=O) groups is 1. The molecule has 1 aromatic carbocycles. The average Bonchev–Trinajstić information content (AvgIpc) is 3.18. The summed E-state index contributed by atoms with van der Waals surface area (Å²) in [5.74, 6) is 1.60. The number of nitrogens with zero attached hydrogens (tertiary/aromatic N) is 2. The lowest BCUT2D eigenvalue weighted by Gasteiger charge is -2.21. The van der Waals surface area contributed by atoms with Crippen molar-refractivity contribution in [2.75, 3.05) is 18.1 Å². The van der Waals surface area contributed by atoms with E-state index in [1.54, 1.807) is 22.6 Å². The fourth-order valence-electron chi connectivity index (χ4n) is 2.43. The van der Waals surface area contributed by atoms with Gasteiger partial charge in [-0.1, -0.05) is 12.1 Å². The summed E-state index contributed by atoms with van der Waals surface area (Å²) in [6.07, 6.45) is 4.68. The lowest BCUT2D eigenvalue weighted by atomic mass is 10.0. The van der Waals surface area contributed by atoms with E-state index >= 15 is 0 Å². The molecule has 0 aliphatic carbocycles. The molecular formula is C16H19N3O2S. The molecule has 1 amide bonds. The fraction of sp³-hybridized carbons (Fsp3) is 0.375. The molecule has 1 atom stereocenters. The van der Waals surface area contributed by atoms with Crippen LogP contribution in [0.2, 0.25) is 0 Å². The van der Waals surface area contributed by atoms with Crippen molar-refractivity contribution in [1.29, 1.82) is 0 Å². The maximum Gasteiger partial charge on any atom is 0.224 e. The number of aliphatic hydroxyl groups is 1. The Balaban J connectivity index is 1.53. The van der Waals surface area contributed by atoms with Crippen LogP contribution in [0, 0.1) is 0 Å². The molecule has 22 heavy (non-hydrogen) atoms. The number of thioether (sulfide) groups is 1. The van der Waals surface area contributed by atoms with Gasteiger partial charge in [0.1, 0.15) is 0 Å². The van der Waals surface area contributed by atoms with Crippen molar-refractivity contribution in [3.05, 3.63) is 48.3 Å². The molecule has 2 aromatic rings. The van der Waals surface area contributed by atoms with Gasteiger partial charge in [-0.2, -0.15) is 16.9 Å². The van der Waals surface area contributed by atoms with Crippen LogP contribution in [0.5, 0.6) is 0 Å². The van der Waals surface area contributed by atoms with Crippen molar-refractivity contribution in [1.82, 2.24) is 15.1 Å². The van der Waals surface area contributed by atoms with Crippen molar-refractivity contribution >= 4 is 17.7 Å². The van der Waals surface area contributed by atoms with E-state index < -0.39 is 5.60 Å². The lowest BCUT2D eigenvalue weighted by Crippen LogP contribution is -2.43. The Morgan fingerprint density at radius 1 is 1.41 bits per heavy atom. The first-order valence-electron chi connectivity index (χ1n) is 7.30. The van der Waals surface area contributed by atoms with Gasteiger partial charge in [-0.05, 0) is 35.9 Å². The highest BCUT2D eigenvalue weighted by molar-refractivity contribution is 7.99. The Bertz CT molecular complexity index is 619. The molecule has 2 N–H and O–H groups in total. The normalized spacial score (nSPS) is 21.0. The topological polar surface area (TPSA) is 67.2 Å². The highest BCUT2D eigenvalue weighted by Crippen LogP contribution is 2.26. The Morgan fingerprint density at radius 2 is 2.23 bits per heavy atom. The van der Waals surface area contributed by atoms with E-state index in [9.17, 15) is 9.90 Å². The maximum atomic E-state index is 12.0. The predicted octanol–water partition coefficient (Wildman–Crippen LogP) is 1.40. The molecule has 0 spiro atoms. The second-order valence-corrected chi connectivity index (χ2v) is 6.70. The van der Waals surface area contributed by atoms with Crippen LogP contribution in [0.1, 0.15) is 12.0 Å². The van der Waals surface area contributed by atoms with Gasteiger partial charge in [-0.3, -0.25) is 4.79 Å². The van der Waals surface area contributed by atoms with Crippen molar-refractivity contribution in [2.45, 2.75) is 18.4 Å². The minimum absolute atomic E-state index is 0.0582. The van der Waals surface area contributed by atoms with Crippen LogP contribution in [0.3, 0.4) is 0 Å². The van der Waals surface area contributed by atoms with E-state index in [2.05, 4.69) is 10.4 Å². The van der Waals surface area contributed by atoms with Crippen LogP contribution < -0.4 is 5.32 Å². The van der Waals surface area contributed by atoms with Gasteiger partial charge in [0.15, 0.2) is 0 Å². The number of aromatic nitrogens is 2. The summed E-state index contributed by atoms with van der Waals surface area (Å²) in [6, 6.07) is 9.61. The van der Waals surface area contributed by atoms with Crippen LogP contribution >= 0.6 is 11.8 Å². The number of hydrogen-bond donors (Lipinski definition) is 2. The maximum absolute atomic E-state index is 12.0. The van der Waals surface area contributed by atoms with E-state index in [1.807, 2.05) is 36.5 Å². The summed E-state index contributed by atoms with van der Waals surface area (Å²) in [6.45, 7) is 0.338. The van der Waals surface area contributed by atoms with E-state index in [4.69, 9.17) is 0 Å². The molecule has 1 fully saturated rings. The third-order valence-corrected chi connectivity index (χ3v) is 5.00. The molecule has 0 bridgehead atoms. The second-order valence-electron chi connectivity index (χ2n) is 5.60. The minimum Gasteiger partial charge on any atom is -0.387 e. The summed E-state index contributed by atoms with van der Waals surface area (Å²) in [5, 5.41) is 17.2. The monoisotopic (exact) mass is 317 g/mol. The molecule has 0 saturated carbocycles. The smallest absolute Gasteiger partial charge is 0.224 e. The summed E-state index contributed by atoms with van der Waals surface area (Å²) < 4.78 is 1.77. The molecular weight excluding hydrogens is 298 g/mol. The first-order valence-corrected chi connectivity index (χ1v) is 8.46. The van der Waals surface area contributed by atoms with Gasteiger partial charge in [0.05, 0.1) is 17.7 Å². The van der Waals surface area contributed by atoms with Crippen molar-refractivity contribution in [3.8, 4) is 5.69 Å². The van der Waals surface area contributed by atoms with Crippen molar-refractivity contribution in [3.63, 3.8) is 0 Å². The fourth-order valence-corrected chi connectivity index (χ4v) is 3.73. The van der Waals surface area contributed by atoms with Gasteiger partial charge in [0, 0.05) is 24.7 Å². The number of hydrogen-bond acceptors (Lipinski definition) is 4. The predicted molar refractivity (Wildman–Crippen MR) is 87.2 cm³/mol. The molecule has 6 heteroatoms. The summed E-state index contributed by atoms with van der Waals surface area (Å²) in [7, 11) is 0. The minimum atomic E-state index is -0.732. The Hall–Kier alpha value is -1.79. The molecule has 1 aliphatic rings. The van der Waals surface area contributed by atoms with Crippen LogP contribution in [-0.4, -0.2) is 44.4 Å². The lowest BCUT2D eigenvalue weighted by molar-refractivity contribution is -0.121. The van der Waals surface area contributed by atoms with Crippen LogP contribution in [0.25, 0.3) is 5.69 Å². The highest BCUT2D eigenvalue weighted by atomic mass is 32.2. The van der Waals surface area contributed by atoms with E-state index in [0.29, 0.717) is 18.7 Å². The molecule has 1 aliphatic heterocycles. The van der Waals surface area contributed by atoms with Gasteiger partial charge < -0.3 is 10.4 Å². The van der Waals surface area contributed by atoms with Gasteiger partial charge in [-0.25, -0.2) is 4.68 Å². The van der Waals surface area contributed by atoms with Crippen LogP contribution in [0.15, 0.2) is 42.7 Å². The average molecular weight is 317 g/mol. The molecule has 1 unspecified atom stereocenters. The standard InChI is InChI=1S/C16H19N3O2S/c20-15(17-11-16(21)6-9-22-12-16)10-13-2-4-14(5-3-13)19-8-1-7-18-19/h1-5,7-8,21H,6,9-12H2,(H,17,20). The van der Waals surface area contributed by atoms with E-state index in [-0.39, 0.29) is 5.91 Å². The van der Waals surface area contributed by atoms with Gasteiger partial charge in [0.25, 0.3) is 0 Å². The number of carbonyl (C=O) groups excluding carboxylic acids is 1. The Kier molecular flexibility index (Phi) is 4.49. The third-order valence-electron chi connectivity index (χ3n) is 3.77. The quantitative estimate of drug-likeness (QED) is 0.875. The first kappa shape index (κ1) is 15.1. The molecule has 2 heterocycles. The van der Waals surface area contributed by atoms with E-state index in [1.165, 1.54) is 0 Å². The van der Waals surface area contributed by atoms with Crippen LogP contribution in [0.4, 0.5) is 0 Å². The number of amides is 1. The highest BCUT2D eigenvalue weighted by Gasteiger charge is 2.31. The zero-order valence-corrected chi connectivity index (χ0v) is 13.1. The summed E-state index contributed by atoms with van der Waals surface area (Å²) in [5.41, 5.74) is 1.18. The largest absolute Gasteiger partial charge is 0.387 e. The molecule has 116 valence electrons. The Labute approximate surface area is 133 Å². The molecule has 1 aromatic heterocycles. The first-order chi connectivity index (χ1) is 10.6. The molecule has 3 rings (SSSR count). The van der Waals surface area contributed by atoms with Gasteiger partial charge in [-0.15, -0.1) is 0 Å². The molecule has 5 nitrogen and oxygen atoms in total. The van der Waals surface area contributed by atoms with Gasteiger partial charge in [0.2, 0.25) is 5.91 Å².